The number of carbonyl (C=O) groups is 3. The molecule has 69 heavy (non-hydrogen) atoms. The molecule has 0 spiro atoms. The third-order valence-electron chi connectivity index (χ3n) is 13.7. The second-order valence-electron chi connectivity index (χ2n) is 20.6. The van der Waals surface area contributed by atoms with Crippen molar-refractivity contribution in [3.63, 3.8) is 0 Å². The van der Waals surface area contributed by atoms with E-state index in [-0.39, 0.29) is 31.1 Å². The van der Waals surface area contributed by atoms with Crippen LogP contribution in [0.5, 0.6) is 0 Å². The maximum atomic E-state index is 12.9. The van der Waals surface area contributed by atoms with Crippen LogP contribution in [-0.2, 0) is 28.6 Å². The van der Waals surface area contributed by atoms with Crippen molar-refractivity contribution in [2.45, 2.75) is 335 Å². The van der Waals surface area contributed by atoms with E-state index in [1.165, 1.54) is 205 Å². The molecule has 0 saturated heterocycles. The fraction of sp³-hybridized carbons (Fsp3) is 0.857. The third kappa shape index (κ3) is 56.4. The Balaban J connectivity index is 4.29. The quantitative estimate of drug-likeness (QED) is 0.0261. The van der Waals surface area contributed by atoms with Gasteiger partial charge in [-0.15, -0.1) is 0 Å². The molecule has 0 N–H and O–H groups in total. The molecule has 0 heterocycles. The molecule has 0 aromatic rings. The molecule has 0 aromatic heterocycles. The van der Waals surface area contributed by atoms with Crippen molar-refractivity contribution in [3.05, 3.63) is 36.5 Å². The van der Waals surface area contributed by atoms with Gasteiger partial charge < -0.3 is 14.2 Å². The lowest BCUT2D eigenvalue weighted by Crippen LogP contribution is -2.30. The van der Waals surface area contributed by atoms with Crippen molar-refractivity contribution in [1.82, 2.24) is 0 Å². The van der Waals surface area contributed by atoms with Gasteiger partial charge in [-0.2, -0.15) is 0 Å². The first kappa shape index (κ1) is 66.6. The summed E-state index contributed by atoms with van der Waals surface area (Å²) in [6.07, 6.45) is 70.1. The van der Waals surface area contributed by atoms with Gasteiger partial charge in [0, 0.05) is 19.3 Å². The fourth-order valence-corrected chi connectivity index (χ4v) is 9.11. The van der Waals surface area contributed by atoms with Gasteiger partial charge in [-0.3, -0.25) is 14.4 Å². The minimum atomic E-state index is -0.780. The highest BCUT2D eigenvalue weighted by Gasteiger charge is 2.19. The standard InChI is InChI=1S/C63H116O6/c1-4-7-10-13-16-19-22-25-27-29-30-31-32-34-35-38-41-44-47-50-53-56-62(65)68-59-60(58-67-61(64)55-52-49-46-43-40-37-24-21-18-15-12-9-6-3)69-63(66)57-54-51-48-45-42-39-36-33-28-26-23-20-17-14-11-8-5-2/h9,12,18,21,37,40,60H,4-8,10-11,13-17,19-20,22-36,38-39,41-59H2,1-3H3/b12-9-,21-18-,40-37-. The molecule has 0 bridgehead atoms. The molecule has 0 amide bonds. The summed E-state index contributed by atoms with van der Waals surface area (Å²) >= 11 is 0. The normalized spacial score (nSPS) is 12.2. The molecular weight excluding hydrogens is 853 g/mol. The summed E-state index contributed by atoms with van der Waals surface area (Å²) in [5.41, 5.74) is 0. The van der Waals surface area contributed by atoms with Gasteiger partial charge in [0.2, 0.25) is 0 Å². The zero-order chi connectivity index (χ0) is 50.0. The highest BCUT2D eigenvalue weighted by atomic mass is 16.6. The third-order valence-corrected chi connectivity index (χ3v) is 13.7. The van der Waals surface area contributed by atoms with Gasteiger partial charge in [0.1, 0.15) is 13.2 Å². The summed E-state index contributed by atoms with van der Waals surface area (Å²) < 4.78 is 16.9. The fourth-order valence-electron chi connectivity index (χ4n) is 9.11. The molecule has 0 fully saturated rings. The second kappa shape index (κ2) is 58.2. The van der Waals surface area contributed by atoms with Crippen LogP contribution in [0, 0.1) is 0 Å². The zero-order valence-electron chi connectivity index (χ0n) is 46.3. The first-order valence-electron chi connectivity index (χ1n) is 30.5. The van der Waals surface area contributed by atoms with Crippen LogP contribution in [0.15, 0.2) is 36.5 Å². The average Bonchev–Trinajstić information content (AvgIpc) is 3.35. The summed E-state index contributed by atoms with van der Waals surface area (Å²) in [7, 11) is 0. The molecule has 0 aliphatic carbocycles. The first-order valence-corrected chi connectivity index (χ1v) is 30.5. The molecule has 1 unspecified atom stereocenters. The Bertz CT molecular complexity index is 1160. The average molecular weight is 970 g/mol. The Morgan fingerprint density at radius 2 is 0.565 bits per heavy atom. The van der Waals surface area contributed by atoms with Crippen LogP contribution in [0.1, 0.15) is 329 Å². The zero-order valence-corrected chi connectivity index (χ0v) is 46.3. The van der Waals surface area contributed by atoms with Crippen molar-refractivity contribution in [2.24, 2.45) is 0 Å². The largest absolute Gasteiger partial charge is 0.462 e. The van der Waals surface area contributed by atoms with Crippen molar-refractivity contribution in [3.8, 4) is 0 Å². The van der Waals surface area contributed by atoms with Crippen LogP contribution in [0.2, 0.25) is 0 Å². The number of carbonyl (C=O) groups excluding carboxylic acids is 3. The molecule has 0 rings (SSSR count). The number of hydrogen-bond donors (Lipinski definition) is 0. The molecule has 0 radical (unpaired) electrons. The minimum Gasteiger partial charge on any atom is -0.462 e. The Kier molecular flexibility index (Phi) is 56.2. The van der Waals surface area contributed by atoms with E-state index in [1.807, 2.05) is 0 Å². The van der Waals surface area contributed by atoms with E-state index in [4.69, 9.17) is 14.2 Å². The van der Waals surface area contributed by atoms with Crippen molar-refractivity contribution in [1.29, 1.82) is 0 Å². The minimum absolute atomic E-state index is 0.0763. The van der Waals surface area contributed by atoms with Crippen LogP contribution < -0.4 is 0 Å². The van der Waals surface area contributed by atoms with Crippen LogP contribution in [0.3, 0.4) is 0 Å². The number of ether oxygens (including phenoxy) is 3. The van der Waals surface area contributed by atoms with E-state index in [0.717, 1.165) is 83.5 Å². The maximum Gasteiger partial charge on any atom is 0.306 e. The molecule has 1 atom stereocenters. The summed E-state index contributed by atoms with van der Waals surface area (Å²) in [5, 5.41) is 0. The van der Waals surface area contributed by atoms with Gasteiger partial charge in [-0.05, 0) is 51.4 Å². The highest BCUT2D eigenvalue weighted by Crippen LogP contribution is 2.18. The van der Waals surface area contributed by atoms with Gasteiger partial charge in [-0.25, -0.2) is 0 Å². The van der Waals surface area contributed by atoms with E-state index < -0.39 is 6.10 Å². The van der Waals surface area contributed by atoms with E-state index >= 15 is 0 Å². The Morgan fingerprint density at radius 3 is 0.884 bits per heavy atom. The Morgan fingerprint density at radius 1 is 0.304 bits per heavy atom. The highest BCUT2D eigenvalue weighted by molar-refractivity contribution is 5.71. The van der Waals surface area contributed by atoms with E-state index in [1.54, 1.807) is 0 Å². The smallest absolute Gasteiger partial charge is 0.306 e. The van der Waals surface area contributed by atoms with Gasteiger partial charge in [0.15, 0.2) is 6.10 Å². The molecular formula is C63H116O6. The maximum absolute atomic E-state index is 12.9. The van der Waals surface area contributed by atoms with E-state index in [2.05, 4.69) is 57.2 Å². The Hall–Kier alpha value is -2.37. The lowest BCUT2D eigenvalue weighted by molar-refractivity contribution is -0.167. The van der Waals surface area contributed by atoms with Crippen LogP contribution in [0.4, 0.5) is 0 Å². The summed E-state index contributed by atoms with van der Waals surface area (Å²) in [6.45, 7) is 6.56. The van der Waals surface area contributed by atoms with E-state index in [0.29, 0.717) is 19.3 Å². The summed E-state index contributed by atoms with van der Waals surface area (Å²) in [4.78, 5) is 38.2. The monoisotopic (exact) mass is 969 g/mol. The molecule has 0 aliphatic rings. The predicted molar refractivity (Wildman–Crippen MR) is 298 cm³/mol. The van der Waals surface area contributed by atoms with Crippen LogP contribution >= 0.6 is 0 Å². The number of hydrogen-bond acceptors (Lipinski definition) is 6. The lowest BCUT2D eigenvalue weighted by atomic mass is 10.0. The van der Waals surface area contributed by atoms with Gasteiger partial charge >= 0.3 is 17.9 Å². The van der Waals surface area contributed by atoms with Gasteiger partial charge in [0.25, 0.3) is 0 Å². The molecule has 0 aliphatic heterocycles. The van der Waals surface area contributed by atoms with Crippen molar-refractivity contribution in [2.75, 3.05) is 13.2 Å². The number of unbranched alkanes of at least 4 members (excludes halogenated alkanes) is 39. The first-order chi connectivity index (χ1) is 34.0. The topological polar surface area (TPSA) is 78.9 Å². The van der Waals surface area contributed by atoms with Crippen molar-refractivity contribution < 1.29 is 28.6 Å². The molecule has 6 heteroatoms. The lowest BCUT2D eigenvalue weighted by Gasteiger charge is -2.18. The number of allylic oxidation sites excluding steroid dienone is 6. The van der Waals surface area contributed by atoms with Crippen molar-refractivity contribution >= 4 is 17.9 Å². The SMILES string of the molecule is CC/C=C\C/C=C\C/C=C\CCCCCC(=O)OCC(COC(=O)CCCCCCCCCCCCCCCCCCCCCCC)OC(=O)CCCCCCCCCCCCCCCCCCC. The molecule has 6 nitrogen and oxygen atoms in total. The van der Waals surface area contributed by atoms with Gasteiger partial charge in [-0.1, -0.05) is 295 Å². The van der Waals surface area contributed by atoms with E-state index in [9.17, 15) is 14.4 Å². The summed E-state index contributed by atoms with van der Waals surface area (Å²) in [6, 6.07) is 0. The number of esters is 3. The molecule has 404 valence electrons. The van der Waals surface area contributed by atoms with Crippen LogP contribution in [0.25, 0.3) is 0 Å². The van der Waals surface area contributed by atoms with Crippen LogP contribution in [-0.4, -0.2) is 37.2 Å². The molecule has 0 saturated carbocycles. The van der Waals surface area contributed by atoms with Gasteiger partial charge in [0.05, 0.1) is 0 Å². The summed E-state index contributed by atoms with van der Waals surface area (Å²) in [5.74, 6) is -0.884. The number of rotatable bonds is 56. The predicted octanol–water partition coefficient (Wildman–Crippen LogP) is 20.4. The second-order valence-corrected chi connectivity index (χ2v) is 20.6. The Labute approximate surface area is 429 Å². The molecule has 0 aromatic carbocycles.